The predicted octanol–water partition coefficient (Wildman–Crippen LogP) is 3.08. The molecule has 94 valence electrons. The SMILES string of the molecule is Cc1ccc(CC(N)c2ccc(F)cn2)cc1C. The lowest BCUT2D eigenvalue weighted by molar-refractivity contribution is 0.612. The molecule has 0 radical (unpaired) electrons. The molecule has 0 fully saturated rings. The molecule has 0 aliphatic rings. The van der Waals surface area contributed by atoms with E-state index in [-0.39, 0.29) is 11.9 Å². The van der Waals surface area contributed by atoms with Gasteiger partial charge >= 0.3 is 0 Å². The van der Waals surface area contributed by atoms with Crippen molar-refractivity contribution >= 4 is 0 Å². The Balaban J connectivity index is 2.13. The molecule has 2 rings (SSSR count). The molecule has 0 aliphatic heterocycles. The van der Waals surface area contributed by atoms with Gasteiger partial charge in [0.2, 0.25) is 0 Å². The van der Waals surface area contributed by atoms with Crippen LogP contribution in [0.5, 0.6) is 0 Å². The fourth-order valence-electron chi connectivity index (χ4n) is 1.90. The summed E-state index contributed by atoms with van der Waals surface area (Å²) < 4.78 is 12.8. The van der Waals surface area contributed by atoms with Gasteiger partial charge in [-0.15, -0.1) is 0 Å². The van der Waals surface area contributed by atoms with Crippen molar-refractivity contribution in [2.75, 3.05) is 0 Å². The van der Waals surface area contributed by atoms with E-state index in [2.05, 4.69) is 37.0 Å². The van der Waals surface area contributed by atoms with E-state index in [4.69, 9.17) is 5.73 Å². The molecule has 0 aliphatic carbocycles. The highest BCUT2D eigenvalue weighted by Crippen LogP contribution is 2.17. The summed E-state index contributed by atoms with van der Waals surface area (Å²) in [6, 6.07) is 9.14. The van der Waals surface area contributed by atoms with Gasteiger partial charge in [-0.3, -0.25) is 4.98 Å². The van der Waals surface area contributed by atoms with E-state index >= 15 is 0 Å². The minimum Gasteiger partial charge on any atom is -0.322 e. The maximum atomic E-state index is 12.8. The first-order chi connectivity index (χ1) is 8.56. The van der Waals surface area contributed by atoms with Crippen molar-refractivity contribution in [3.8, 4) is 0 Å². The van der Waals surface area contributed by atoms with Crippen molar-refractivity contribution in [3.63, 3.8) is 0 Å². The molecule has 0 bridgehead atoms. The molecule has 1 aromatic heterocycles. The van der Waals surface area contributed by atoms with Crippen molar-refractivity contribution in [3.05, 3.63) is 64.7 Å². The summed E-state index contributed by atoms with van der Waals surface area (Å²) in [7, 11) is 0. The Hall–Kier alpha value is -1.74. The number of aromatic nitrogens is 1. The van der Waals surface area contributed by atoms with Crippen molar-refractivity contribution in [2.24, 2.45) is 5.73 Å². The van der Waals surface area contributed by atoms with Crippen LogP contribution in [0, 0.1) is 19.7 Å². The average molecular weight is 244 g/mol. The van der Waals surface area contributed by atoms with Crippen LogP contribution in [0.3, 0.4) is 0 Å². The quantitative estimate of drug-likeness (QED) is 0.901. The minimum absolute atomic E-state index is 0.201. The smallest absolute Gasteiger partial charge is 0.141 e. The highest BCUT2D eigenvalue weighted by atomic mass is 19.1. The first-order valence-corrected chi connectivity index (χ1v) is 5.99. The van der Waals surface area contributed by atoms with Crippen LogP contribution in [0.4, 0.5) is 4.39 Å². The molecule has 0 amide bonds. The van der Waals surface area contributed by atoms with Crippen LogP contribution in [-0.4, -0.2) is 4.98 Å². The molecule has 0 spiro atoms. The third-order valence-corrected chi connectivity index (χ3v) is 3.16. The second-order valence-electron chi connectivity index (χ2n) is 4.63. The van der Waals surface area contributed by atoms with Gasteiger partial charge in [0.25, 0.3) is 0 Å². The second-order valence-corrected chi connectivity index (χ2v) is 4.63. The predicted molar refractivity (Wildman–Crippen MR) is 70.7 cm³/mol. The molecular formula is C15H17FN2. The Bertz CT molecular complexity index is 535. The van der Waals surface area contributed by atoms with Crippen LogP contribution in [0.15, 0.2) is 36.5 Å². The molecule has 0 saturated heterocycles. The highest BCUT2D eigenvalue weighted by molar-refractivity contribution is 5.31. The van der Waals surface area contributed by atoms with E-state index in [9.17, 15) is 4.39 Å². The zero-order valence-electron chi connectivity index (χ0n) is 10.7. The third kappa shape index (κ3) is 2.93. The van der Waals surface area contributed by atoms with Crippen LogP contribution in [0.1, 0.15) is 28.4 Å². The van der Waals surface area contributed by atoms with Gasteiger partial charge in [0.1, 0.15) is 5.82 Å². The normalized spacial score (nSPS) is 12.4. The summed E-state index contributed by atoms with van der Waals surface area (Å²) in [5, 5.41) is 0. The standard InChI is InChI=1S/C15H17FN2/c1-10-3-4-12(7-11(10)2)8-14(17)15-6-5-13(16)9-18-15/h3-7,9,14H,8,17H2,1-2H3. The minimum atomic E-state index is -0.336. The Morgan fingerprint density at radius 3 is 2.56 bits per heavy atom. The lowest BCUT2D eigenvalue weighted by Gasteiger charge is -2.12. The molecule has 1 atom stereocenters. The number of pyridine rings is 1. The van der Waals surface area contributed by atoms with Crippen LogP contribution < -0.4 is 5.73 Å². The summed E-state index contributed by atoms with van der Waals surface area (Å²) >= 11 is 0. The van der Waals surface area contributed by atoms with E-state index in [1.807, 2.05) is 0 Å². The maximum absolute atomic E-state index is 12.8. The fraction of sp³-hybridized carbons (Fsp3) is 0.267. The number of nitrogens with zero attached hydrogens (tertiary/aromatic N) is 1. The van der Waals surface area contributed by atoms with E-state index in [1.54, 1.807) is 6.07 Å². The molecule has 2 nitrogen and oxygen atoms in total. The number of nitrogens with two attached hydrogens (primary N) is 1. The topological polar surface area (TPSA) is 38.9 Å². The van der Waals surface area contributed by atoms with Gasteiger partial charge in [-0.25, -0.2) is 4.39 Å². The molecule has 1 heterocycles. The van der Waals surface area contributed by atoms with Gasteiger partial charge in [0.15, 0.2) is 0 Å². The molecule has 1 aromatic carbocycles. The number of hydrogen-bond acceptors (Lipinski definition) is 2. The number of aryl methyl sites for hydroxylation is 2. The summed E-state index contributed by atoms with van der Waals surface area (Å²) in [4.78, 5) is 4.01. The zero-order chi connectivity index (χ0) is 13.1. The van der Waals surface area contributed by atoms with E-state index < -0.39 is 0 Å². The van der Waals surface area contributed by atoms with Gasteiger partial charge in [0, 0.05) is 0 Å². The zero-order valence-corrected chi connectivity index (χ0v) is 10.7. The van der Waals surface area contributed by atoms with Gasteiger partial charge in [-0.05, 0) is 49.1 Å². The summed E-state index contributed by atoms with van der Waals surface area (Å²) in [5.74, 6) is -0.336. The first kappa shape index (κ1) is 12.7. The third-order valence-electron chi connectivity index (χ3n) is 3.16. The number of rotatable bonds is 3. The van der Waals surface area contributed by atoms with Crippen LogP contribution in [0.25, 0.3) is 0 Å². The summed E-state index contributed by atoms with van der Waals surface area (Å²) in [5.41, 5.74) is 10.5. The maximum Gasteiger partial charge on any atom is 0.141 e. The van der Waals surface area contributed by atoms with Crippen LogP contribution in [0.2, 0.25) is 0 Å². The van der Waals surface area contributed by atoms with E-state index in [0.717, 1.165) is 5.69 Å². The molecule has 1 unspecified atom stereocenters. The van der Waals surface area contributed by atoms with Gasteiger partial charge in [0.05, 0.1) is 17.9 Å². The summed E-state index contributed by atoms with van der Waals surface area (Å²) in [6.07, 6.45) is 1.91. The molecule has 18 heavy (non-hydrogen) atoms. The van der Waals surface area contributed by atoms with Crippen molar-refractivity contribution in [1.29, 1.82) is 0 Å². The lowest BCUT2D eigenvalue weighted by Crippen LogP contribution is -2.15. The average Bonchev–Trinajstić information content (AvgIpc) is 2.34. The number of hydrogen-bond donors (Lipinski definition) is 1. The van der Waals surface area contributed by atoms with Crippen molar-refractivity contribution < 1.29 is 4.39 Å². The molecule has 2 aromatic rings. The molecular weight excluding hydrogens is 227 g/mol. The summed E-state index contributed by atoms with van der Waals surface area (Å²) in [6.45, 7) is 4.17. The largest absolute Gasteiger partial charge is 0.322 e. The second kappa shape index (κ2) is 5.27. The van der Waals surface area contributed by atoms with Crippen molar-refractivity contribution in [2.45, 2.75) is 26.3 Å². The van der Waals surface area contributed by atoms with Gasteiger partial charge < -0.3 is 5.73 Å². The first-order valence-electron chi connectivity index (χ1n) is 5.99. The molecule has 2 N–H and O–H groups in total. The van der Waals surface area contributed by atoms with Crippen LogP contribution >= 0.6 is 0 Å². The van der Waals surface area contributed by atoms with Crippen molar-refractivity contribution in [1.82, 2.24) is 4.98 Å². The fourth-order valence-corrected chi connectivity index (χ4v) is 1.90. The van der Waals surface area contributed by atoms with Crippen LogP contribution in [-0.2, 0) is 6.42 Å². The Morgan fingerprint density at radius 1 is 1.17 bits per heavy atom. The molecule has 0 saturated carbocycles. The monoisotopic (exact) mass is 244 g/mol. The Kier molecular flexibility index (Phi) is 3.72. The van der Waals surface area contributed by atoms with E-state index in [1.165, 1.54) is 29.0 Å². The van der Waals surface area contributed by atoms with E-state index in [0.29, 0.717) is 6.42 Å². The highest BCUT2D eigenvalue weighted by Gasteiger charge is 2.09. The van der Waals surface area contributed by atoms with Gasteiger partial charge in [-0.2, -0.15) is 0 Å². The Labute approximate surface area is 107 Å². The Morgan fingerprint density at radius 2 is 1.94 bits per heavy atom. The van der Waals surface area contributed by atoms with Gasteiger partial charge in [-0.1, -0.05) is 18.2 Å². The molecule has 3 heteroatoms. The number of halogens is 1. The lowest BCUT2D eigenvalue weighted by atomic mass is 9.99. The number of benzene rings is 1.